The lowest BCUT2D eigenvalue weighted by atomic mass is 10.2. The van der Waals surface area contributed by atoms with E-state index in [1.807, 2.05) is 24.3 Å². The van der Waals surface area contributed by atoms with Crippen LogP contribution in [0.3, 0.4) is 0 Å². The van der Waals surface area contributed by atoms with Crippen molar-refractivity contribution in [3.8, 4) is 5.75 Å². The number of hydrogen-bond donors (Lipinski definition) is 2. The number of nitrogens with one attached hydrogen (secondary N) is 1. The Morgan fingerprint density at radius 1 is 1.29 bits per heavy atom. The third-order valence-electron chi connectivity index (χ3n) is 2.88. The van der Waals surface area contributed by atoms with Crippen molar-refractivity contribution in [2.45, 2.75) is 10.6 Å². The van der Waals surface area contributed by atoms with E-state index in [1.165, 1.54) is 6.07 Å². The highest BCUT2D eigenvalue weighted by Gasteiger charge is 2.13. The largest absolute Gasteiger partial charge is 0.497 e. The molecule has 0 radical (unpaired) electrons. The van der Waals surface area contributed by atoms with Gasteiger partial charge in [0.1, 0.15) is 11.4 Å². The number of benzene rings is 2. The number of thioether (sulfide) groups is 1. The zero-order valence-corrected chi connectivity index (χ0v) is 12.2. The van der Waals surface area contributed by atoms with E-state index >= 15 is 0 Å². The molecule has 0 saturated carbocycles. The summed E-state index contributed by atoms with van der Waals surface area (Å²) >= 11 is 1.63. The maximum absolute atomic E-state index is 10.8. The molecule has 0 saturated heterocycles. The van der Waals surface area contributed by atoms with Crippen LogP contribution in [0.15, 0.2) is 47.4 Å². The van der Waals surface area contributed by atoms with Crippen LogP contribution in [0.25, 0.3) is 0 Å². The smallest absolute Gasteiger partial charge is 0.293 e. The van der Waals surface area contributed by atoms with Gasteiger partial charge in [-0.3, -0.25) is 16.0 Å². The maximum Gasteiger partial charge on any atom is 0.293 e. The number of nitrogen functional groups attached to an aromatic ring is 1. The number of nitrogens with zero attached hydrogens (tertiary/aromatic N) is 1. The van der Waals surface area contributed by atoms with Gasteiger partial charge in [-0.25, -0.2) is 0 Å². The van der Waals surface area contributed by atoms with E-state index in [4.69, 9.17) is 10.6 Å². The summed E-state index contributed by atoms with van der Waals surface area (Å²) in [7, 11) is 1.63. The molecule has 0 aliphatic rings. The normalized spacial score (nSPS) is 10.2. The summed E-state index contributed by atoms with van der Waals surface area (Å²) in [6, 6.07) is 12.6. The van der Waals surface area contributed by atoms with E-state index in [9.17, 15) is 10.1 Å². The van der Waals surface area contributed by atoms with Crippen LogP contribution >= 0.6 is 11.8 Å². The molecule has 110 valence electrons. The van der Waals surface area contributed by atoms with Gasteiger partial charge in [-0.1, -0.05) is 6.07 Å². The molecule has 0 spiro atoms. The fourth-order valence-electron chi connectivity index (χ4n) is 1.79. The highest BCUT2D eigenvalue weighted by atomic mass is 32.2. The number of methoxy groups -OCH3 is 1. The van der Waals surface area contributed by atoms with E-state index in [0.29, 0.717) is 11.4 Å². The van der Waals surface area contributed by atoms with Crippen LogP contribution < -0.4 is 16.0 Å². The van der Waals surface area contributed by atoms with Crippen molar-refractivity contribution in [3.05, 3.63) is 58.1 Å². The molecule has 0 unspecified atom stereocenters. The van der Waals surface area contributed by atoms with E-state index in [2.05, 4.69) is 5.43 Å². The summed E-state index contributed by atoms with van der Waals surface area (Å²) < 4.78 is 5.10. The van der Waals surface area contributed by atoms with Crippen LogP contribution in [0.5, 0.6) is 5.75 Å². The number of ether oxygens (including phenoxy) is 1. The Morgan fingerprint density at radius 3 is 2.57 bits per heavy atom. The Bertz CT molecular complexity index is 632. The Labute approximate surface area is 126 Å². The average Bonchev–Trinajstić information content (AvgIpc) is 2.52. The number of anilines is 1. The van der Waals surface area contributed by atoms with E-state index < -0.39 is 4.92 Å². The molecule has 0 amide bonds. The van der Waals surface area contributed by atoms with Gasteiger partial charge in [0.2, 0.25) is 0 Å². The molecule has 6 nitrogen and oxygen atoms in total. The lowest BCUT2D eigenvalue weighted by molar-refractivity contribution is -0.384. The van der Waals surface area contributed by atoms with Gasteiger partial charge in [-0.05, 0) is 35.9 Å². The molecule has 7 heteroatoms. The molecule has 0 bridgehead atoms. The summed E-state index contributed by atoms with van der Waals surface area (Å²) in [4.78, 5) is 11.5. The molecule has 0 aliphatic heterocycles. The lowest BCUT2D eigenvalue weighted by Gasteiger charge is -2.06. The van der Waals surface area contributed by atoms with Crippen LogP contribution in [0, 0.1) is 10.1 Å². The monoisotopic (exact) mass is 305 g/mol. The summed E-state index contributed by atoms with van der Waals surface area (Å²) in [5, 5.41) is 10.8. The van der Waals surface area contributed by atoms with E-state index in [1.54, 1.807) is 31.0 Å². The second-order valence-electron chi connectivity index (χ2n) is 4.22. The van der Waals surface area contributed by atoms with Crippen molar-refractivity contribution in [2.24, 2.45) is 5.84 Å². The van der Waals surface area contributed by atoms with Gasteiger partial charge in [0.05, 0.1) is 12.0 Å². The van der Waals surface area contributed by atoms with Crippen LogP contribution in [0.1, 0.15) is 5.56 Å². The minimum atomic E-state index is -0.463. The number of nitrogens with two attached hydrogens (primary N) is 1. The highest BCUT2D eigenvalue weighted by molar-refractivity contribution is 7.98. The van der Waals surface area contributed by atoms with Crippen molar-refractivity contribution in [1.82, 2.24) is 0 Å². The quantitative estimate of drug-likeness (QED) is 0.369. The molecule has 0 atom stereocenters. The molecule has 3 N–H and O–H groups in total. The number of rotatable bonds is 6. The molecule has 2 aromatic rings. The number of nitro groups is 1. The Kier molecular flexibility index (Phi) is 5.02. The lowest BCUT2D eigenvalue weighted by Crippen LogP contribution is -2.09. The fraction of sp³-hybridized carbons (Fsp3) is 0.143. The molecular formula is C14H15N3O3S. The molecule has 0 heterocycles. The first-order valence-electron chi connectivity index (χ1n) is 6.15. The summed E-state index contributed by atoms with van der Waals surface area (Å²) in [5.41, 5.74) is 3.60. The van der Waals surface area contributed by atoms with Crippen molar-refractivity contribution in [3.63, 3.8) is 0 Å². The highest BCUT2D eigenvalue weighted by Crippen LogP contribution is 2.29. The fourth-order valence-corrected chi connectivity index (χ4v) is 2.63. The number of nitro benzene ring substituents is 1. The average molecular weight is 305 g/mol. The predicted octanol–water partition coefficient (Wildman–Crippen LogP) is 3.18. The van der Waals surface area contributed by atoms with Gasteiger partial charge in [0.15, 0.2) is 0 Å². The first-order valence-corrected chi connectivity index (χ1v) is 7.13. The molecular weight excluding hydrogens is 290 g/mol. The topological polar surface area (TPSA) is 90.4 Å². The predicted molar refractivity (Wildman–Crippen MR) is 83.5 cm³/mol. The van der Waals surface area contributed by atoms with E-state index in [-0.39, 0.29) is 5.69 Å². The maximum atomic E-state index is 10.8. The van der Waals surface area contributed by atoms with Crippen LogP contribution in [-0.2, 0) is 5.75 Å². The van der Waals surface area contributed by atoms with Crippen LogP contribution in [0.4, 0.5) is 11.4 Å². The third-order valence-corrected chi connectivity index (χ3v) is 3.96. The van der Waals surface area contributed by atoms with Gasteiger partial charge in [-0.2, -0.15) is 0 Å². The summed E-state index contributed by atoms with van der Waals surface area (Å²) in [6.07, 6.45) is 0. The van der Waals surface area contributed by atoms with Crippen LogP contribution in [0.2, 0.25) is 0 Å². The minimum absolute atomic E-state index is 0.0318. The van der Waals surface area contributed by atoms with Crippen molar-refractivity contribution in [1.29, 1.82) is 0 Å². The summed E-state index contributed by atoms with van der Waals surface area (Å²) in [6.45, 7) is 0. The van der Waals surface area contributed by atoms with Gasteiger partial charge in [0.25, 0.3) is 5.69 Å². The zero-order valence-electron chi connectivity index (χ0n) is 11.4. The summed E-state index contributed by atoms with van der Waals surface area (Å²) in [5.74, 6) is 6.82. The van der Waals surface area contributed by atoms with Crippen molar-refractivity contribution >= 4 is 23.1 Å². The molecule has 2 rings (SSSR count). The first kappa shape index (κ1) is 15.1. The van der Waals surface area contributed by atoms with E-state index in [0.717, 1.165) is 16.2 Å². The van der Waals surface area contributed by atoms with Gasteiger partial charge in [0, 0.05) is 16.7 Å². The Balaban J connectivity index is 2.07. The van der Waals surface area contributed by atoms with Crippen molar-refractivity contribution in [2.75, 3.05) is 12.5 Å². The second-order valence-corrected chi connectivity index (χ2v) is 5.27. The Hall–Kier alpha value is -2.25. The van der Waals surface area contributed by atoms with Gasteiger partial charge < -0.3 is 10.2 Å². The zero-order chi connectivity index (χ0) is 15.2. The SMILES string of the molecule is COc1ccc(SCc2ccc([N+](=O)[O-])c(NN)c2)cc1. The van der Waals surface area contributed by atoms with Gasteiger partial charge >= 0.3 is 0 Å². The van der Waals surface area contributed by atoms with Gasteiger partial charge in [-0.15, -0.1) is 11.8 Å². The molecule has 2 aromatic carbocycles. The van der Waals surface area contributed by atoms with Crippen molar-refractivity contribution < 1.29 is 9.66 Å². The number of hydrazine groups is 1. The molecule has 0 fully saturated rings. The third kappa shape index (κ3) is 3.87. The second kappa shape index (κ2) is 6.96. The first-order chi connectivity index (χ1) is 10.1. The molecule has 0 aliphatic carbocycles. The van der Waals surface area contributed by atoms with Crippen LogP contribution in [-0.4, -0.2) is 12.0 Å². The molecule has 21 heavy (non-hydrogen) atoms. The standard InChI is InChI=1S/C14H15N3O3S/c1-20-11-3-5-12(6-4-11)21-9-10-2-7-14(17(18)19)13(8-10)16-15/h2-8,16H,9,15H2,1H3. The minimum Gasteiger partial charge on any atom is -0.497 e. The Morgan fingerprint density at radius 2 is 2.00 bits per heavy atom. The molecule has 0 aromatic heterocycles. The number of hydrogen-bond acceptors (Lipinski definition) is 6.